The van der Waals surface area contributed by atoms with Crippen molar-refractivity contribution in [2.45, 2.75) is 32.4 Å². The van der Waals surface area contributed by atoms with Gasteiger partial charge in [-0.15, -0.1) is 0 Å². The molecule has 0 saturated heterocycles. The van der Waals surface area contributed by atoms with Crippen molar-refractivity contribution in [3.8, 4) is 5.75 Å². The van der Waals surface area contributed by atoms with E-state index in [1.165, 1.54) is 0 Å². The van der Waals surface area contributed by atoms with E-state index in [2.05, 4.69) is 14.9 Å². The van der Waals surface area contributed by atoms with Crippen molar-refractivity contribution in [2.24, 2.45) is 0 Å². The first-order valence-corrected chi connectivity index (χ1v) is 8.93. The molecular weight excluding hydrogens is 326 g/mol. The summed E-state index contributed by atoms with van der Waals surface area (Å²) in [6.07, 6.45) is 4.97. The summed E-state index contributed by atoms with van der Waals surface area (Å²) in [5.41, 5.74) is 1.59. The van der Waals surface area contributed by atoms with Gasteiger partial charge < -0.3 is 14.6 Å². The Kier molecular flexibility index (Phi) is 4.69. The van der Waals surface area contributed by atoms with Crippen molar-refractivity contribution >= 4 is 11.7 Å². The number of amides is 1. The number of rotatable bonds is 5. The Labute approximate surface area is 152 Å². The molecule has 0 fully saturated rings. The number of anilines is 1. The van der Waals surface area contributed by atoms with E-state index in [9.17, 15) is 4.79 Å². The van der Waals surface area contributed by atoms with E-state index in [0.717, 1.165) is 43.0 Å². The molecule has 1 aliphatic heterocycles. The third kappa shape index (κ3) is 3.47. The van der Waals surface area contributed by atoms with Gasteiger partial charge in [0, 0.05) is 13.0 Å². The molecule has 0 aliphatic carbocycles. The highest BCUT2D eigenvalue weighted by Gasteiger charge is 2.18. The van der Waals surface area contributed by atoms with Crippen LogP contribution in [0.4, 0.5) is 5.82 Å². The molecule has 0 spiro atoms. The number of carbonyl (C=O) groups excluding carboxylic acids is 1. The molecule has 0 unspecified atom stereocenters. The van der Waals surface area contributed by atoms with Crippen molar-refractivity contribution in [1.29, 1.82) is 0 Å². The predicted octanol–water partition coefficient (Wildman–Crippen LogP) is 4.05. The average Bonchev–Trinajstić information content (AvgIpc) is 3.10. The molecule has 0 radical (unpaired) electrons. The minimum absolute atomic E-state index is 0.179. The van der Waals surface area contributed by atoms with Crippen LogP contribution in [-0.4, -0.2) is 15.5 Å². The van der Waals surface area contributed by atoms with E-state index < -0.39 is 0 Å². The Morgan fingerprint density at radius 1 is 1.08 bits per heavy atom. The van der Waals surface area contributed by atoms with Gasteiger partial charge in [0.05, 0.1) is 11.8 Å². The highest BCUT2D eigenvalue weighted by Crippen LogP contribution is 2.23. The molecule has 5 nitrogen and oxygen atoms in total. The number of benzene rings is 2. The first kappa shape index (κ1) is 16.4. The molecule has 4 rings (SSSR count). The number of ether oxygens (including phenoxy) is 1. The maximum Gasteiger partial charge on any atom is 0.260 e. The van der Waals surface area contributed by atoms with Gasteiger partial charge in [-0.05, 0) is 30.5 Å². The van der Waals surface area contributed by atoms with Crippen LogP contribution in [-0.2, 0) is 19.6 Å². The minimum Gasteiger partial charge on any atom is -0.488 e. The zero-order valence-electron chi connectivity index (χ0n) is 14.5. The van der Waals surface area contributed by atoms with Gasteiger partial charge >= 0.3 is 0 Å². The van der Waals surface area contributed by atoms with Crippen LogP contribution in [0.15, 0.2) is 60.8 Å². The second-order valence-electron chi connectivity index (χ2n) is 6.39. The van der Waals surface area contributed by atoms with Crippen molar-refractivity contribution in [3.63, 3.8) is 0 Å². The molecule has 0 atom stereocenters. The molecule has 2 aromatic carbocycles. The SMILES string of the molecule is O=C(Nc1cnc2n1CCCC2)c1ccccc1OCc1ccccc1. The monoisotopic (exact) mass is 347 g/mol. The molecule has 2 heterocycles. The lowest BCUT2D eigenvalue weighted by Crippen LogP contribution is -2.19. The van der Waals surface area contributed by atoms with Crippen LogP contribution in [0.2, 0.25) is 0 Å². The molecule has 1 aliphatic rings. The smallest absolute Gasteiger partial charge is 0.260 e. The van der Waals surface area contributed by atoms with Gasteiger partial charge in [-0.3, -0.25) is 4.79 Å². The normalized spacial score (nSPS) is 13.1. The minimum atomic E-state index is -0.179. The van der Waals surface area contributed by atoms with Gasteiger partial charge in [0.1, 0.15) is 24.0 Å². The maximum atomic E-state index is 12.8. The third-order valence-corrected chi connectivity index (χ3v) is 4.58. The fraction of sp³-hybridized carbons (Fsp3) is 0.238. The summed E-state index contributed by atoms with van der Waals surface area (Å²) >= 11 is 0. The number of imidazole rings is 1. The van der Waals surface area contributed by atoms with Gasteiger partial charge in [-0.2, -0.15) is 0 Å². The molecule has 1 aromatic heterocycles. The topological polar surface area (TPSA) is 56.2 Å². The Hall–Kier alpha value is -3.08. The summed E-state index contributed by atoms with van der Waals surface area (Å²) in [5.74, 6) is 2.19. The quantitative estimate of drug-likeness (QED) is 0.757. The van der Waals surface area contributed by atoms with Crippen molar-refractivity contribution < 1.29 is 9.53 Å². The maximum absolute atomic E-state index is 12.8. The van der Waals surface area contributed by atoms with Crippen molar-refractivity contribution in [1.82, 2.24) is 9.55 Å². The average molecular weight is 347 g/mol. The van der Waals surface area contributed by atoms with Crippen molar-refractivity contribution in [2.75, 3.05) is 5.32 Å². The van der Waals surface area contributed by atoms with E-state index in [-0.39, 0.29) is 5.91 Å². The number of nitrogens with zero attached hydrogens (tertiary/aromatic N) is 2. The van der Waals surface area contributed by atoms with Gasteiger partial charge in [0.2, 0.25) is 0 Å². The predicted molar refractivity (Wildman–Crippen MR) is 100 cm³/mol. The van der Waals surface area contributed by atoms with E-state index in [0.29, 0.717) is 17.9 Å². The van der Waals surface area contributed by atoms with Crippen molar-refractivity contribution in [3.05, 3.63) is 77.7 Å². The van der Waals surface area contributed by atoms with Crippen LogP contribution in [0.3, 0.4) is 0 Å². The number of fused-ring (bicyclic) bond motifs is 1. The van der Waals surface area contributed by atoms with E-state index >= 15 is 0 Å². The number of aromatic nitrogens is 2. The van der Waals surface area contributed by atoms with E-state index in [4.69, 9.17) is 4.74 Å². The molecule has 1 amide bonds. The molecule has 26 heavy (non-hydrogen) atoms. The second kappa shape index (κ2) is 7.44. The lowest BCUT2D eigenvalue weighted by molar-refractivity contribution is 0.102. The number of hydrogen-bond acceptors (Lipinski definition) is 3. The molecule has 132 valence electrons. The number of hydrogen-bond donors (Lipinski definition) is 1. The lowest BCUT2D eigenvalue weighted by Gasteiger charge is -2.17. The third-order valence-electron chi connectivity index (χ3n) is 4.58. The molecular formula is C21H21N3O2. The van der Waals surface area contributed by atoms with E-state index in [1.54, 1.807) is 12.3 Å². The van der Waals surface area contributed by atoms with Gasteiger partial charge in [0.15, 0.2) is 0 Å². The van der Waals surface area contributed by atoms with Gasteiger partial charge in [-0.25, -0.2) is 4.98 Å². The lowest BCUT2D eigenvalue weighted by atomic mass is 10.1. The van der Waals surface area contributed by atoms with Crippen LogP contribution < -0.4 is 10.1 Å². The zero-order chi connectivity index (χ0) is 17.8. The van der Waals surface area contributed by atoms with Crippen LogP contribution in [0.5, 0.6) is 5.75 Å². The van der Waals surface area contributed by atoms with Crippen LogP contribution in [0.25, 0.3) is 0 Å². The van der Waals surface area contributed by atoms with Crippen LogP contribution >= 0.6 is 0 Å². The Morgan fingerprint density at radius 3 is 2.77 bits per heavy atom. The molecule has 5 heteroatoms. The van der Waals surface area contributed by atoms with E-state index in [1.807, 2.05) is 48.5 Å². The fourth-order valence-electron chi connectivity index (χ4n) is 3.21. The standard InChI is InChI=1S/C21H21N3O2/c25-21(23-20-14-22-19-12-6-7-13-24(19)20)17-10-4-5-11-18(17)26-15-16-8-2-1-3-9-16/h1-5,8-11,14H,6-7,12-13,15H2,(H,23,25). The number of carbonyl (C=O) groups is 1. The summed E-state index contributed by atoms with van der Waals surface area (Å²) < 4.78 is 7.99. The first-order chi connectivity index (χ1) is 12.8. The first-order valence-electron chi connectivity index (χ1n) is 8.93. The largest absolute Gasteiger partial charge is 0.488 e. The summed E-state index contributed by atoms with van der Waals surface area (Å²) in [5, 5.41) is 2.99. The Morgan fingerprint density at radius 2 is 1.88 bits per heavy atom. The highest BCUT2D eigenvalue weighted by atomic mass is 16.5. The molecule has 0 bridgehead atoms. The van der Waals surface area contributed by atoms with Crippen LogP contribution in [0, 0.1) is 0 Å². The summed E-state index contributed by atoms with van der Waals surface area (Å²) in [6.45, 7) is 1.32. The summed E-state index contributed by atoms with van der Waals surface area (Å²) in [7, 11) is 0. The fourth-order valence-corrected chi connectivity index (χ4v) is 3.21. The number of aryl methyl sites for hydroxylation is 1. The Bertz CT molecular complexity index is 903. The van der Waals surface area contributed by atoms with Gasteiger partial charge in [0.25, 0.3) is 5.91 Å². The zero-order valence-corrected chi connectivity index (χ0v) is 14.5. The molecule has 1 N–H and O–H groups in total. The summed E-state index contributed by atoms with van der Waals surface area (Å²) in [6, 6.07) is 17.2. The van der Waals surface area contributed by atoms with Gasteiger partial charge in [-0.1, -0.05) is 42.5 Å². The number of para-hydroxylation sites is 1. The highest BCUT2D eigenvalue weighted by molar-refractivity contribution is 6.05. The summed E-state index contributed by atoms with van der Waals surface area (Å²) in [4.78, 5) is 17.2. The Balaban J connectivity index is 1.50. The molecule has 0 saturated carbocycles. The van der Waals surface area contributed by atoms with Crippen LogP contribution in [0.1, 0.15) is 34.6 Å². The second-order valence-corrected chi connectivity index (χ2v) is 6.39. The number of nitrogens with one attached hydrogen (secondary N) is 1. The molecule has 3 aromatic rings.